The average molecular weight is 427 g/mol. The maximum atomic E-state index is 8.90. The molecule has 0 saturated carbocycles. The van der Waals surface area contributed by atoms with Crippen molar-refractivity contribution in [2.45, 2.75) is 113 Å². The van der Waals surface area contributed by atoms with Crippen LogP contribution in [0.25, 0.3) is 0 Å². The number of hydrogen-bond donors (Lipinski definition) is 1. The van der Waals surface area contributed by atoms with Crippen LogP contribution in [0, 0.1) is 0 Å². The minimum absolute atomic E-state index is 0.154. The number of hydrogen-bond acceptors (Lipinski definition) is 1. The summed E-state index contributed by atoms with van der Waals surface area (Å²) in [5.74, 6) is 0. The van der Waals surface area contributed by atoms with Crippen molar-refractivity contribution in [1.82, 2.24) is 0 Å². The topological polar surface area (TPSA) is 20.2 Å². The average Bonchev–Trinajstić information content (AvgIpc) is 2.68. The first-order valence-electron chi connectivity index (χ1n) is 12.3. The maximum absolute atomic E-state index is 8.90. The smallest absolute Gasteiger partial charge is 0.0614 e. The second kappa shape index (κ2) is 19.1. The summed E-state index contributed by atoms with van der Waals surface area (Å²) in [5, 5.41) is 8.90. The molecule has 0 aliphatic heterocycles. The van der Waals surface area contributed by atoms with Crippen LogP contribution in [-0.2, 0) is 0 Å². The zero-order chi connectivity index (χ0) is 23.5. The third-order valence-corrected chi connectivity index (χ3v) is 5.66. The Morgan fingerprint density at radius 1 is 0.419 bits per heavy atom. The van der Waals surface area contributed by atoms with Gasteiger partial charge in [0.15, 0.2) is 0 Å². The number of allylic oxidation sites excluding steroid dienone is 11. The Bertz CT molecular complexity index is 661. The summed E-state index contributed by atoms with van der Waals surface area (Å²) in [6.07, 6.45) is 25.3. The second-order valence-corrected chi connectivity index (χ2v) is 9.41. The van der Waals surface area contributed by atoms with Crippen molar-refractivity contribution in [3.63, 3.8) is 0 Å². The lowest BCUT2D eigenvalue weighted by Gasteiger charge is -2.03. The molecule has 0 heterocycles. The minimum Gasteiger partial charge on any atom is -0.392 e. The molecule has 0 unspecified atom stereocenters. The zero-order valence-electron chi connectivity index (χ0n) is 21.7. The van der Waals surface area contributed by atoms with E-state index in [1.165, 1.54) is 65.5 Å². The molecule has 0 radical (unpaired) electrons. The second-order valence-electron chi connectivity index (χ2n) is 9.41. The van der Waals surface area contributed by atoms with Crippen LogP contribution < -0.4 is 0 Å². The number of aliphatic hydroxyl groups excluding tert-OH is 1. The Hall–Kier alpha value is -1.60. The van der Waals surface area contributed by atoms with E-state index < -0.39 is 0 Å². The van der Waals surface area contributed by atoms with Gasteiger partial charge < -0.3 is 5.11 Å². The molecule has 0 atom stereocenters. The summed E-state index contributed by atoms with van der Waals surface area (Å²) >= 11 is 0. The Morgan fingerprint density at radius 3 is 0.935 bits per heavy atom. The Labute approximate surface area is 194 Å². The van der Waals surface area contributed by atoms with Gasteiger partial charge >= 0.3 is 0 Å². The van der Waals surface area contributed by atoms with Crippen molar-refractivity contribution in [2.75, 3.05) is 6.61 Å². The van der Waals surface area contributed by atoms with Crippen LogP contribution in [0.5, 0.6) is 0 Å². The molecule has 176 valence electrons. The van der Waals surface area contributed by atoms with E-state index in [9.17, 15) is 0 Å². The van der Waals surface area contributed by atoms with Gasteiger partial charge in [-0.3, -0.25) is 0 Å². The van der Waals surface area contributed by atoms with Gasteiger partial charge in [0, 0.05) is 0 Å². The molecule has 0 amide bonds. The van der Waals surface area contributed by atoms with Gasteiger partial charge in [-0.25, -0.2) is 0 Å². The van der Waals surface area contributed by atoms with E-state index in [1.54, 1.807) is 0 Å². The summed E-state index contributed by atoms with van der Waals surface area (Å²) < 4.78 is 0. The maximum Gasteiger partial charge on any atom is 0.0614 e. The monoisotopic (exact) mass is 426 g/mol. The summed E-state index contributed by atoms with van der Waals surface area (Å²) in [6, 6.07) is 0. The van der Waals surface area contributed by atoms with Crippen LogP contribution in [0.3, 0.4) is 0 Å². The Balaban J connectivity index is 4.09. The van der Waals surface area contributed by atoms with Crippen molar-refractivity contribution in [3.8, 4) is 0 Å². The van der Waals surface area contributed by atoms with Crippen molar-refractivity contribution < 1.29 is 5.11 Å². The molecule has 0 aliphatic carbocycles. The standard InChI is InChI=1S/C30H50O/c1-25(2)13-8-14-26(3)15-9-16-27(4)17-10-18-28(5)19-11-20-29(6)21-12-22-30(7)23-24-31/h13,15,17,19,21,23,31H,8-12,14,16,18,20,22,24H2,1-7H3/b26-15?,27-17?,28-19?,29-21?,30-23+. The van der Waals surface area contributed by atoms with Gasteiger partial charge in [-0.1, -0.05) is 69.9 Å². The molecule has 31 heavy (non-hydrogen) atoms. The van der Waals surface area contributed by atoms with E-state index in [-0.39, 0.29) is 6.61 Å². The zero-order valence-corrected chi connectivity index (χ0v) is 21.7. The summed E-state index contributed by atoms with van der Waals surface area (Å²) in [4.78, 5) is 0. The van der Waals surface area contributed by atoms with Gasteiger partial charge in [0.2, 0.25) is 0 Å². The summed E-state index contributed by atoms with van der Waals surface area (Å²) in [7, 11) is 0. The highest BCUT2D eigenvalue weighted by atomic mass is 16.2. The van der Waals surface area contributed by atoms with E-state index in [4.69, 9.17) is 5.11 Å². The molecule has 0 spiro atoms. The first-order valence-corrected chi connectivity index (χ1v) is 12.3. The van der Waals surface area contributed by atoms with Crippen LogP contribution in [0.1, 0.15) is 113 Å². The molecule has 1 N–H and O–H groups in total. The lowest BCUT2D eigenvalue weighted by molar-refractivity contribution is 0.341. The molecule has 0 rings (SSSR count). The largest absolute Gasteiger partial charge is 0.392 e. The third kappa shape index (κ3) is 20.1. The molecule has 0 aromatic heterocycles. The molecular formula is C30H50O. The van der Waals surface area contributed by atoms with Gasteiger partial charge in [0.25, 0.3) is 0 Å². The van der Waals surface area contributed by atoms with Gasteiger partial charge in [0.05, 0.1) is 6.61 Å². The molecule has 0 aliphatic rings. The predicted molar refractivity (Wildman–Crippen MR) is 141 cm³/mol. The highest BCUT2D eigenvalue weighted by molar-refractivity contribution is 5.08. The lowest BCUT2D eigenvalue weighted by Crippen LogP contribution is -1.84. The van der Waals surface area contributed by atoms with Crippen LogP contribution in [0.4, 0.5) is 0 Å². The molecule has 0 fully saturated rings. The van der Waals surface area contributed by atoms with Gasteiger partial charge in [-0.2, -0.15) is 0 Å². The molecule has 0 aromatic rings. The Morgan fingerprint density at radius 2 is 0.677 bits per heavy atom. The van der Waals surface area contributed by atoms with Crippen molar-refractivity contribution in [3.05, 3.63) is 69.9 Å². The fourth-order valence-electron chi connectivity index (χ4n) is 3.44. The fourth-order valence-corrected chi connectivity index (χ4v) is 3.44. The van der Waals surface area contributed by atoms with Crippen molar-refractivity contribution >= 4 is 0 Å². The third-order valence-electron chi connectivity index (χ3n) is 5.66. The van der Waals surface area contributed by atoms with Gasteiger partial charge in [0.1, 0.15) is 0 Å². The van der Waals surface area contributed by atoms with E-state index in [1.807, 2.05) is 6.08 Å². The van der Waals surface area contributed by atoms with Gasteiger partial charge in [-0.05, 0) is 113 Å². The van der Waals surface area contributed by atoms with E-state index in [0.717, 1.165) is 32.1 Å². The van der Waals surface area contributed by atoms with E-state index >= 15 is 0 Å². The van der Waals surface area contributed by atoms with Crippen molar-refractivity contribution in [2.24, 2.45) is 0 Å². The highest BCUT2D eigenvalue weighted by Gasteiger charge is 1.95. The van der Waals surface area contributed by atoms with E-state index in [2.05, 4.69) is 78.8 Å². The molecule has 0 saturated heterocycles. The lowest BCUT2D eigenvalue weighted by atomic mass is 10.0. The number of rotatable bonds is 16. The first-order chi connectivity index (χ1) is 14.7. The van der Waals surface area contributed by atoms with Crippen LogP contribution in [0.15, 0.2) is 69.9 Å². The number of aliphatic hydroxyl groups is 1. The quantitative estimate of drug-likeness (QED) is 0.243. The summed E-state index contributed by atoms with van der Waals surface area (Å²) in [5.41, 5.74) is 8.71. The molecule has 1 nitrogen and oxygen atoms in total. The van der Waals surface area contributed by atoms with E-state index in [0.29, 0.717) is 0 Å². The minimum atomic E-state index is 0.154. The predicted octanol–water partition coefficient (Wildman–Crippen LogP) is 9.58. The van der Waals surface area contributed by atoms with Crippen molar-refractivity contribution in [1.29, 1.82) is 0 Å². The highest BCUT2D eigenvalue weighted by Crippen LogP contribution is 2.15. The normalized spacial score (nSPS) is 14.3. The Kier molecular flexibility index (Phi) is 18.1. The first kappa shape index (κ1) is 29.4. The van der Waals surface area contributed by atoms with Crippen LogP contribution >= 0.6 is 0 Å². The molecule has 0 bridgehead atoms. The van der Waals surface area contributed by atoms with Gasteiger partial charge in [-0.15, -0.1) is 0 Å². The molecular weight excluding hydrogens is 376 g/mol. The SMILES string of the molecule is CC(C)=CCCC(C)=CCCC(C)=CCCC(C)=CCCC(C)=CCC/C(C)=C/CO. The molecule has 1 heteroatoms. The van der Waals surface area contributed by atoms with Crippen LogP contribution in [0.2, 0.25) is 0 Å². The summed E-state index contributed by atoms with van der Waals surface area (Å²) in [6.45, 7) is 15.6. The van der Waals surface area contributed by atoms with Crippen LogP contribution in [-0.4, -0.2) is 11.7 Å². The molecule has 0 aromatic carbocycles. The fraction of sp³-hybridized carbons (Fsp3) is 0.600.